The Hall–Kier alpha value is -2.19. The predicted octanol–water partition coefficient (Wildman–Crippen LogP) is 14.4. The third-order valence-electron chi connectivity index (χ3n) is 11.6. The van der Waals surface area contributed by atoms with Gasteiger partial charge in [-0.05, 0) is 64.2 Å². The van der Waals surface area contributed by atoms with Gasteiger partial charge in [0.15, 0.2) is 12.1 Å². The molecule has 0 rings (SSSR count). The van der Waals surface area contributed by atoms with E-state index in [4.69, 9.17) is 14.2 Å². The Morgan fingerprint density at radius 1 is 0.483 bits per heavy atom. The van der Waals surface area contributed by atoms with E-state index in [1.807, 2.05) is 21.1 Å². The number of ether oxygens (including phenoxy) is 3. The van der Waals surface area contributed by atoms with Crippen LogP contribution in [0, 0.1) is 0 Å². The minimum Gasteiger partial charge on any atom is -0.477 e. The maximum Gasteiger partial charge on any atom is 0.362 e. The Labute approximate surface area is 371 Å². The van der Waals surface area contributed by atoms with Gasteiger partial charge in [0, 0.05) is 19.3 Å². The maximum atomic E-state index is 12.8. The lowest BCUT2D eigenvalue weighted by atomic mass is 10.1. The number of carbonyl (C=O) groups excluding carboxylic acids is 2. The number of carboxylic acid groups (broad SMARTS) is 1. The first kappa shape index (κ1) is 57.8. The van der Waals surface area contributed by atoms with Crippen molar-refractivity contribution >= 4 is 17.9 Å². The minimum absolute atomic E-state index is 0.0504. The van der Waals surface area contributed by atoms with Gasteiger partial charge in [-0.1, -0.05) is 179 Å². The Morgan fingerprint density at radius 2 is 0.833 bits per heavy atom. The highest BCUT2D eigenvalue weighted by Gasteiger charge is 2.31. The van der Waals surface area contributed by atoms with Crippen LogP contribution in [-0.2, 0) is 28.6 Å². The molecule has 0 aliphatic heterocycles. The summed E-state index contributed by atoms with van der Waals surface area (Å²) >= 11 is 0. The van der Waals surface area contributed by atoms with Crippen molar-refractivity contribution in [2.24, 2.45) is 0 Å². The van der Waals surface area contributed by atoms with Crippen LogP contribution < -0.4 is 0 Å². The number of nitrogens with zero attached hydrogens (tertiary/aromatic N) is 1. The number of unbranched alkanes of at least 4 members (excludes halogenated alkanes) is 28. The second-order valence-electron chi connectivity index (χ2n) is 18.4. The Bertz CT molecular complexity index is 1040. The summed E-state index contributed by atoms with van der Waals surface area (Å²) in [6.07, 6.45) is 49.3. The van der Waals surface area contributed by atoms with Gasteiger partial charge in [-0.15, -0.1) is 0 Å². The van der Waals surface area contributed by atoms with E-state index < -0.39 is 18.1 Å². The summed E-state index contributed by atoms with van der Waals surface area (Å²) in [4.78, 5) is 37.1. The first-order chi connectivity index (χ1) is 29.1. The van der Waals surface area contributed by atoms with Gasteiger partial charge in [0.2, 0.25) is 0 Å². The van der Waals surface area contributed by atoms with Crippen molar-refractivity contribution in [3.05, 3.63) is 24.3 Å². The third kappa shape index (κ3) is 41.2. The van der Waals surface area contributed by atoms with Crippen molar-refractivity contribution in [2.45, 2.75) is 251 Å². The molecule has 0 spiro atoms. The normalized spacial score (nSPS) is 13.0. The highest BCUT2D eigenvalue weighted by molar-refractivity contribution is 5.72. The Morgan fingerprint density at radius 3 is 1.20 bits per heavy atom. The lowest BCUT2D eigenvalue weighted by molar-refractivity contribution is -0.887. The molecule has 2 unspecified atom stereocenters. The van der Waals surface area contributed by atoms with Gasteiger partial charge < -0.3 is 23.8 Å². The Kier molecular flexibility index (Phi) is 41.9. The molecule has 1 N–H and O–H groups in total. The lowest BCUT2D eigenvalue weighted by Gasteiger charge is -2.31. The molecule has 0 bridgehead atoms. The van der Waals surface area contributed by atoms with Crippen molar-refractivity contribution in [1.29, 1.82) is 0 Å². The average molecular weight is 849 g/mol. The van der Waals surface area contributed by atoms with E-state index in [-0.39, 0.29) is 36.2 Å². The fraction of sp³-hybridized carbons (Fsp3) is 0.865. The molecule has 0 saturated carbocycles. The molecule has 0 aromatic rings. The number of carboxylic acids is 1. The van der Waals surface area contributed by atoms with Crippen molar-refractivity contribution in [3.8, 4) is 0 Å². The number of hydrogen-bond donors (Lipinski definition) is 1. The van der Waals surface area contributed by atoms with E-state index in [1.54, 1.807) is 0 Å². The molecule has 0 heterocycles. The van der Waals surface area contributed by atoms with Gasteiger partial charge in [-0.3, -0.25) is 9.59 Å². The van der Waals surface area contributed by atoms with Gasteiger partial charge in [0.25, 0.3) is 0 Å². The van der Waals surface area contributed by atoms with Crippen molar-refractivity contribution in [3.63, 3.8) is 0 Å². The first-order valence-corrected chi connectivity index (χ1v) is 25.4. The van der Waals surface area contributed by atoms with E-state index in [0.29, 0.717) is 19.3 Å². The van der Waals surface area contributed by atoms with Crippen LogP contribution in [0.2, 0.25) is 0 Å². The van der Waals surface area contributed by atoms with Crippen molar-refractivity contribution in [2.75, 3.05) is 41.0 Å². The van der Waals surface area contributed by atoms with E-state index in [9.17, 15) is 19.5 Å². The number of rotatable bonds is 46. The number of esters is 2. The van der Waals surface area contributed by atoms with E-state index >= 15 is 0 Å². The van der Waals surface area contributed by atoms with Gasteiger partial charge in [-0.2, -0.15) is 0 Å². The zero-order valence-electron chi connectivity index (χ0n) is 40.2. The fourth-order valence-electron chi connectivity index (χ4n) is 7.61. The molecule has 0 aromatic carbocycles. The average Bonchev–Trinajstić information content (AvgIpc) is 3.21. The largest absolute Gasteiger partial charge is 0.477 e. The summed E-state index contributed by atoms with van der Waals surface area (Å²) in [6.45, 7) is 4.75. The monoisotopic (exact) mass is 849 g/mol. The third-order valence-corrected chi connectivity index (χ3v) is 11.6. The van der Waals surface area contributed by atoms with Crippen LogP contribution in [0.3, 0.4) is 0 Å². The summed E-state index contributed by atoms with van der Waals surface area (Å²) in [7, 11) is 5.54. The standard InChI is InChI=1S/C52H97NO7/c1-6-8-10-12-14-16-18-20-22-24-25-27-29-31-33-35-37-39-41-43-51(55)60-48(46-58-45-44-49(52(56)57)53(3,4)5)47-59-50(54)42-40-38-36-34-32-30-28-26-23-21-19-17-15-13-11-9-7-2/h20-23,48-49H,6-19,24-47H2,1-5H3/p+1/b22-20-,23-21-. The fourth-order valence-corrected chi connectivity index (χ4v) is 7.61. The van der Waals surface area contributed by atoms with Crippen LogP contribution in [0.5, 0.6) is 0 Å². The van der Waals surface area contributed by atoms with E-state index in [0.717, 1.165) is 38.5 Å². The van der Waals surface area contributed by atoms with Crippen molar-refractivity contribution in [1.82, 2.24) is 0 Å². The number of likely N-dealkylation sites (N-methyl/N-ethyl adjacent to an activating group) is 1. The number of aliphatic carboxylic acids is 1. The van der Waals surface area contributed by atoms with Crippen LogP contribution >= 0.6 is 0 Å². The predicted molar refractivity (Wildman–Crippen MR) is 252 cm³/mol. The molecular weight excluding hydrogens is 751 g/mol. The summed E-state index contributed by atoms with van der Waals surface area (Å²) in [5.41, 5.74) is 0. The molecule has 0 radical (unpaired) electrons. The molecule has 2 atom stereocenters. The van der Waals surface area contributed by atoms with Gasteiger partial charge in [-0.25, -0.2) is 4.79 Å². The number of hydrogen-bond acceptors (Lipinski definition) is 6. The summed E-state index contributed by atoms with van der Waals surface area (Å²) in [5.74, 6) is -1.46. The van der Waals surface area contributed by atoms with Crippen LogP contribution in [0.1, 0.15) is 239 Å². The van der Waals surface area contributed by atoms with Gasteiger partial charge >= 0.3 is 17.9 Å². The van der Waals surface area contributed by atoms with Gasteiger partial charge in [0.05, 0.1) is 34.4 Å². The van der Waals surface area contributed by atoms with E-state index in [2.05, 4.69) is 38.2 Å². The number of allylic oxidation sites excluding steroid dienone is 4. The number of carbonyl (C=O) groups is 3. The maximum absolute atomic E-state index is 12.8. The molecule has 352 valence electrons. The number of quaternary nitrogens is 1. The van der Waals surface area contributed by atoms with Crippen LogP contribution in [0.25, 0.3) is 0 Å². The quantitative estimate of drug-likeness (QED) is 0.0282. The highest BCUT2D eigenvalue weighted by Crippen LogP contribution is 2.15. The second-order valence-corrected chi connectivity index (χ2v) is 18.4. The van der Waals surface area contributed by atoms with Crippen LogP contribution in [-0.4, -0.2) is 80.6 Å². The molecule has 0 aliphatic rings. The van der Waals surface area contributed by atoms with Crippen LogP contribution in [0.15, 0.2) is 24.3 Å². The smallest absolute Gasteiger partial charge is 0.362 e. The molecular formula is C52H98NO7+. The SMILES string of the molecule is CCCCCCCC/C=C\CCCCCCCCCCCC(=O)OC(COCCC(C(=O)O)[N+](C)(C)C)COC(=O)CCCCCCCCC/C=C\CCCCCCCC. The zero-order valence-corrected chi connectivity index (χ0v) is 40.2. The molecule has 0 saturated heterocycles. The zero-order chi connectivity index (χ0) is 44.2. The molecule has 0 fully saturated rings. The topological polar surface area (TPSA) is 99.1 Å². The summed E-state index contributed by atoms with van der Waals surface area (Å²) in [6, 6.07) is -0.614. The first-order valence-electron chi connectivity index (χ1n) is 25.4. The summed E-state index contributed by atoms with van der Waals surface area (Å²) in [5, 5.41) is 9.65. The van der Waals surface area contributed by atoms with Crippen LogP contribution in [0.4, 0.5) is 0 Å². The van der Waals surface area contributed by atoms with E-state index in [1.165, 1.54) is 167 Å². The second kappa shape index (κ2) is 43.5. The molecule has 0 amide bonds. The summed E-state index contributed by atoms with van der Waals surface area (Å²) < 4.78 is 17.4. The molecule has 0 aliphatic carbocycles. The Balaban J connectivity index is 4.25. The molecule has 8 nitrogen and oxygen atoms in total. The van der Waals surface area contributed by atoms with Crippen molar-refractivity contribution < 1.29 is 38.2 Å². The van der Waals surface area contributed by atoms with Gasteiger partial charge in [0.1, 0.15) is 6.61 Å². The molecule has 0 aromatic heterocycles. The molecule has 8 heteroatoms. The molecule has 60 heavy (non-hydrogen) atoms. The highest BCUT2D eigenvalue weighted by atomic mass is 16.6. The lowest BCUT2D eigenvalue weighted by Crippen LogP contribution is -2.50. The minimum atomic E-state index is -0.873.